The van der Waals surface area contributed by atoms with Crippen LogP contribution in [-0.2, 0) is 4.79 Å². The van der Waals surface area contributed by atoms with Gasteiger partial charge in [0.15, 0.2) is 0 Å². The number of aromatic nitrogens is 1. The van der Waals surface area contributed by atoms with Crippen LogP contribution >= 0.6 is 11.6 Å². The molecule has 6 heteroatoms. The van der Waals surface area contributed by atoms with E-state index in [4.69, 9.17) is 16.7 Å². The Hall–Kier alpha value is -2.08. The molecule has 1 amide bonds. The van der Waals surface area contributed by atoms with Gasteiger partial charge in [0.2, 0.25) is 5.91 Å². The minimum absolute atomic E-state index is 0.0345. The van der Waals surface area contributed by atoms with E-state index in [1.807, 2.05) is 36.4 Å². The first kappa shape index (κ1) is 16.8. The molecule has 0 saturated heterocycles. The van der Waals surface area contributed by atoms with Crippen molar-refractivity contribution < 1.29 is 15.0 Å². The number of hydrogen-bond acceptors (Lipinski definition) is 3. The molecule has 0 aliphatic heterocycles. The number of carbonyl (C=O) groups is 1. The third kappa shape index (κ3) is 3.24. The lowest BCUT2D eigenvalue weighted by Crippen LogP contribution is -2.36. The van der Waals surface area contributed by atoms with E-state index in [9.17, 15) is 9.90 Å². The lowest BCUT2D eigenvalue weighted by molar-refractivity contribution is -0.122. The average Bonchev–Trinajstić information content (AvgIpc) is 2.95. The van der Waals surface area contributed by atoms with Crippen molar-refractivity contribution in [2.75, 3.05) is 13.2 Å². The van der Waals surface area contributed by atoms with Crippen LogP contribution in [0.3, 0.4) is 0 Å². The smallest absolute Gasteiger partial charge is 0.227 e. The normalized spacial score (nSPS) is 14.0. The van der Waals surface area contributed by atoms with E-state index in [2.05, 4.69) is 10.3 Å². The van der Waals surface area contributed by atoms with Crippen LogP contribution in [0.5, 0.6) is 0 Å². The van der Waals surface area contributed by atoms with Crippen LogP contribution in [0, 0.1) is 0 Å². The highest BCUT2D eigenvalue weighted by Gasteiger charge is 2.17. The van der Waals surface area contributed by atoms with Gasteiger partial charge in [-0.15, -0.1) is 0 Å². The first-order valence-electron chi connectivity index (χ1n) is 7.77. The number of amides is 1. The van der Waals surface area contributed by atoms with Crippen LogP contribution in [0.15, 0.2) is 36.4 Å². The van der Waals surface area contributed by atoms with E-state index in [0.29, 0.717) is 5.02 Å². The zero-order chi connectivity index (χ0) is 17.3. The largest absolute Gasteiger partial charge is 0.394 e. The predicted octanol–water partition coefficient (Wildman–Crippen LogP) is 2.55. The third-order valence-corrected chi connectivity index (χ3v) is 4.44. The summed E-state index contributed by atoms with van der Waals surface area (Å²) in [5.41, 5.74) is 2.81. The molecule has 0 saturated carbocycles. The lowest BCUT2D eigenvalue weighted by Gasteiger charge is -2.14. The highest BCUT2D eigenvalue weighted by atomic mass is 35.5. The monoisotopic (exact) mass is 346 g/mol. The Morgan fingerprint density at radius 1 is 1.21 bits per heavy atom. The summed E-state index contributed by atoms with van der Waals surface area (Å²) in [7, 11) is 0. The van der Waals surface area contributed by atoms with E-state index in [1.165, 1.54) is 0 Å². The van der Waals surface area contributed by atoms with Gasteiger partial charge in [-0.3, -0.25) is 4.79 Å². The maximum absolute atomic E-state index is 12.2. The number of aliphatic hydroxyl groups excluding tert-OH is 2. The van der Waals surface area contributed by atoms with Crippen molar-refractivity contribution in [2.45, 2.75) is 18.9 Å². The zero-order valence-corrected chi connectivity index (χ0v) is 14.0. The molecule has 5 nitrogen and oxygen atoms in total. The Morgan fingerprint density at radius 2 is 2.00 bits per heavy atom. The molecule has 2 unspecified atom stereocenters. The van der Waals surface area contributed by atoms with Gasteiger partial charge in [0, 0.05) is 33.4 Å². The summed E-state index contributed by atoms with van der Waals surface area (Å²) in [5, 5.41) is 23.5. The number of nitrogens with one attached hydrogen (secondary N) is 2. The number of rotatable bonds is 5. The van der Waals surface area contributed by atoms with Gasteiger partial charge in [0.25, 0.3) is 0 Å². The molecule has 4 N–H and O–H groups in total. The summed E-state index contributed by atoms with van der Waals surface area (Å²) in [6, 6.07) is 11.5. The molecule has 3 aromatic rings. The molecule has 0 aliphatic rings. The van der Waals surface area contributed by atoms with Crippen molar-refractivity contribution in [1.29, 1.82) is 0 Å². The number of hydrogen-bond donors (Lipinski definition) is 4. The summed E-state index contributed by atoms with van der Waals surface area (Å²) in [5.74, 6) is -0.559. The molecule has 0 fully saturated rings. The summed E-state index contributed by atoms with van der Waals surface area (Å²) in [6.07, 6.45) is -0.943. The average molecular weight is 347 g/mol. The van der Waals surface area contributed by atoms with Crippen LogP contribution in [0.2, 0.25) is 5.02 Å². The topological polar surface area (TPSA) is 85.3 Å². The van der Waals surface area contributed by atoms with Crippen molar-refractivity contribution in [3.63, 3.8) is 0 Å². The molecule has 126 valence electrons. The predicted molar refractivity (Wildman–Crippen MR) is 95.3 cm³/mol. The third-order valence-electron chi connectivity index (χ3n) is 4.20. The second-order valence-corrected chi connectivity index (χ2v) is 6.36. The maximum Gasteiger partial charge on any atom is 0.227 e. The molecule has 0 radical (unpaired) electrons. The van der Waals surface area contributed by atoms with Crippen molar-refractivity contribution in [3.05, 3.63) is 47.0 Å². The lowest BCUT2D eigenvalue weighted by atomic mass is 9.98. The van der Waals surface area contributed by atoms with E-state index in [-0.39, 0.29) is 25.0 Å². The van der Waals surface area contributed by atoms with Gasteiger partial charge in [0.1, 0.15) is 0 Å². The van der Waals surface area contributed by atoms with Crippen LogP contribution in [0.25, 0.3) is 21.8 Å². The molecule has 0 bridgehead atoms. The van der Waals surface area contributed by atoms with Gasteiger partial charge in [-0.2, -0.15) is 0 Å². The summed E-state index contributed by atoms with van der Waals surface area (Å²) in [4.78, 5) is 15.5. The SMILES string of the molecule is CC(C(=O)NCC(O)CO)c1ccc2c(c1)[nH]c1ccc(Cl)cc12. The summed E-state index contributed by atoms with van der Waals surface area (Å²) in [6.45, 7) is 1.46. The highest BCUT2D eigenvalue weighted by molar-refractivity contribution is 6.31. The Labute approximate surface area is 144 Å². The first-order valence-corrected chi connectivity index (χ1v) is 8.15. The van der Waals surface area contributed by atoms with E-state index in [1.54, 1.807) is 6.92 Å². The maximum atomic E-state index is 12.2. The Bertz CT molecular complexity index is 890. The fraction of sp³-hybridized carbons (Fsp3) is 0.278. The van der Waals surface area contributed by atoms with Crippen LogP contribution in [0.4, 0.5) is 0 Å². The van der Waals surface area contributed by atoms with E-state index < -0.39 is 6.10 Å². The van der Waals surface area contributed by atoms with Gasteiger partial charge < -0.3 is 20.5 Å². The van der Waals surface area contributed by atoms with Crippen molar-refractivity contribution in [2.24, 2.45) is 0 Å². The minimum Gasteiger partial charge on any atom is -0.394 e. The van der Waals surface area contributed by atoms with Gasteiger partial charge in [0.05, 0.1) is 18.6 Å². The van der Waals surface area contributed by atoms with Crippen LogP contribution in [-0.4, -0.2) is 40.4 Å². The highest BCUT2D eigenvalue weighted by Crippen LogP contribution is 2.30. The van der Waals surface area contributed by atoms with E-state index >= 15 is 0 Å². The van der Waals surface area contributed by atoms with Gasteiger partial charge in [-0.1, -0.05) is 23.7 Å². The Kier molecular flexibility index (Phi) is 4.76. The number of carbonyl (C=O) groups excluding carboxylic acids is 1. The Balaban J connectivity index is 1.87. The molecule has 2 atom stereocenters. The van der Waals surface area contributed by atoms with Crippen molar-refractivity contribution in [1.82, 2.24) is 10.3 Å². The molecule has 3 rings (SSSR count). The molecule has 2 aromatic carbocycles. The molecular weight excluding hydrogens is 328 g/mol. The standard InChI is InChI=1S/C18H19ClN2O3/c1-10(18(24)20-8-13(23)9-22)11-2-4-14-15-7-12(19)3-5-16(15)21-17(14)6-11/h2-7,10,13,21-23H,8-9H2,1H3,(H,20,24). The van der Waals surface area contributed by atoms with Crippen LogP contribution < -0.4 is 5.32 Å². The van der Waals surface area contributed by atoms with Crippen LogP contribution in [0.1, 0.15) is 18.4 Å². The first-order chi connectivity index (χ1) is 11.5. The van der Waals surface area contributed by atoms with Crippen molar-refractivity contribution >= 4 is 39.3 Å². The molecule has 0 spiro atoms. The molecule has 1 aromatic heterocycles. The van der Waals surface area contributed by atoms with Crippen molar-refractivity contribution in [3.8, 4) is 0 Å². The number of benzene rings is 2. The number of aromatic amines is 1. The summed E-state index contributed by atoms with van der Waals surface area (Å²) >= 11 is 6.07. The van der Waals surface area contributed by atoms with Gasteiger partial charge in [-0.25, -0.2) is 0 Å². The Morgan fingerprint density at radius 3 is 2.75 bits per heavy atom. The molecular formula is C18H19ClN2O3. The number of fused-ring (bicyclic) bond motifs is 3. The number of aliphatic hydroxyl groups is 2. The molecule has 1 heterocycles. The molecule has 0 aliphatic carbocycles. The van der Waals surface area contributed by atoms with E-state index in [0.717, 1.165) is 27.4 Å². The second kappa shape index (κ2) is 6.81. The van der Waals surface area contributed by atoms with Gasteiger partial charge >= 0.3 is 0 Å². The number of H-pyrrole nitrogens is 1. The molecule has 24 heavy (non-hydrogen) atoms. The fourth-order valence-electron chi connectivity index (χ4n) is 2.75. The minimum atomic E-state index is -0.943. The van der Waals surface area contributed by atoms with Gasteiger partial charge in [-0.05, 0) is 36.8 Å². The second-order valence-electron chi connectivity index (χ2n) is 5.92. The zero-order valence-electron chi connectivity index (χ0n) is 13.2. The number of halogens is 1. The fourth-order valence-corrected chi connectivity index (χ4v) is 2.92. The quantitative estimate of drug-likeness (QED) is 0.572. The summed E-state index contributed by atoms with van der Waals surface area (Å²) < 4.78 is 0.